The Morgan fingerprint density at radius 2 is 2.07 bits per heavy atom. The minimum atomic E-state index is -1.19. The number of carbonyl (C=O) groups is 1. The maximum Gasteiger partial charge on any atom is 0.134 e. The second-order valence-corrected chi connectivity index (χ2v) is 3.02. The number of hydrogen-bond acceptors (Lipinski definition) is 4. The zero-order valence-corrected chi connectivity index (χ0v) is 8.85. The van der Waals surface area contributed by atoms with E-state index in [1.54, 1.807) is 0 Å². The molecular weight excluding hydrogens is 208 g/mol. The van der Waals surface area contributed by atoms with Crippen molar-refractivity contribution in [3.63, 3.8) is 0 Å². The molecule has 0 aromatic carbocycles. The van der Waals surface area contributed by atoms with Crippen molar-refractivity contribution in [1.82, 2.24) is 10.2 Å². The highest BCUT2D eigenvalue weighted by Gasteiger charge is 2.08. The van der Waals surface area contributed by atoms with Crippen LogP contribution in [0.2, 0.25) is 0 Å². The quantitative estimate of drug-likeness (QED) is 0.625. The molecule has 1 fully saturated rings. The number of carbonyl (C=O) groups excluding carboxylic acids is 1. The summed E-state index contributed by atoms with van der Waals surface area (Å²) in [6.45, 7) is 4.86. The van der Waals surface area contributed by atoms with Gasteiger partial charge in [-0.25, -0.2) is 0 Å². The number of amides is 1. The highest BCUT2D eigenvalue weighted by atomic mass is 35.5. The Kier molecular flexibility index (Phi) is 7.55. The van der Waals surface area contributed by atoms with Crippen LogP contribution in [0.1, 0.15) is 6.42 Å². The number of hydrogen-bond donors (Lipinski definition) is 1. The van der Waals surface area contributed by atoms with E-state index in [9.17, 15) is 9.90 Å². The number of rotatable bonds is 4. The molecule has 1 aliphatic heterocycles. The molecule has 0 radical (unpaired) electrons. The molecule has 0 atom stereocenters. The Hall–Kier alpha value is -0.520. The Balaban J connectivity index is 0.00000169. The van der Waals surface area contributed by atoms with Gasteiger partial charge in [-0.05, 0) is 13.0 Å². The lowest BCUT2D eigenvalue weighted by atomic mass is 10.3. The van der Waals surface area contributed by atoms with Crippen LogP contribution in [0.15, 0.2) is 0 Å². The van der Waals surface area contributed by atoms with E-state index < -0.39 is 6.09 Å². The molecule has 14 heavy (non-hydrogen) atoms. The fourth-order valence-electron chi connectivity index (χ4n) is 1.32. The Bertz CT molecular complexity index is 163. The van der Waals surface area contributed by atoms with Gasteiger partial charge in [0, 0.05) is 19.6 Å². The summed E-state index contributed by atoms with van der Waals surface area (Å²) < 4.78 is 5.18. The van der Waals surface area contributed by atoms with Crippen LogP contribution in [0.25, 0.3) is 0 Å². The summed E-state index contributed by atoms with van der Waals surface area (Å²) in [6, 6.07) is 0. The molecule has 84 valence electrons. The van der Waals surface area contributed by atoms with Gasteiger partial charge in [0.1, 0.15) is 6.09 Å². The maximum atomic E-state index is 9.99. The van der Waals surface area contributed by atoms with E-state index in [4.69, 9.17) is 4.74 Å². The molecule has 1 N–H and O–H groups in total. The summed E-state index contributed by atoms with van der Waals surface area (Å²) in [5.41, 5.74) is 0. The van der Waals surface area contributed by atoms with Crippen molar-refractivity contribution >= 4 is 18.5 Å². The molecule has 5 nitrogen and oxygen atoms in total. The van der Waals surface area contributed by atoms with E-state index in [1.807, 2.05) is 0 Å². The average molecular weight is 224 g/mol. The van der Waals surface area contributed by atoms with E-state index >= 15 is 0 Å². The lowest BCUT2D eigenvalue weighted by Gasteiger charge is -2.26. The van der Waals surface area contributed by atoms with Crippen LogP contribution < -0.4 is 10.4 Å². The molecule has 0 aromatic rings. The van der Waals surface area contributed by atoms with Crippen LogP contribution in [0.5, 0.6) is 0 Å². The minimum absolute atomic E-state index is 0. The highest BCUT2D eigenvalue weighted by Crippen LogP contribution is 1.96. The normalized spacial score (nSPS) is 17.1. The van der Waals surface area contributed by atoms with Gasteiger partial charge in [-0.3, -0.25) is 4.90 Å². The SMILES string of the molecule is Cl.O=C([O-])NCCCN1CCOCC1. The Labute approximate surface area is 89.8 Å². The fourth-order valence-corrected chi connectivity index (χ4v) is 1.32. The van der Waals surface area contributed by atoms with Crippen molar-refractivity contribution in [2.24, 2.45) is 0 Å². The highest BCUT2D eigenvalue weighted by molar-refractivity contribution is 5.85. The molecule has 0 saturated carbocycles. The van der Waals surface area contributed by atoms with Gasteiger partial charge in [0.25, 0.3) is 0 Å². The van der Waals surface area contributed by atoms with Crippen molar-refractivity contribution in [3.8, 4) is 0 Å². The number of ether oxygens (including phenoxy) is 1. The molecule has 0 aromatic heterocycles. The van der Waals surface area contributed by atoms with Crippen molar-refractivity contribution in [1.29, 1.82) is 0 Å². The third-order valence-electron chi connectivity index (χ3n) is 2.02. The monoisotopic (exact) mass is 223 g/mol. The van der Waals surface area contributed by atoms with Crippen molar-refractivity contribution in [2.45, 2.75) is 6.42 Å². The number of halogens is 1. The lowest BCUT2D eigenvalue weighted by molar-refractivity contribution is -0.250. The molecule has 1 heterocycles. The number of morpholine rings is 1. The number of nitrogens with zero attached hydrogens (tertiary/aromatic N) is 1. The molecule has 0 unspecified atom stereocenters. The first-order valence-electron chi connectivity index (χ1n) is 4.54. The first kappa shape index (κ1) is 13.5. The third-order valence-corrected chi connectivity index (χ3v) is 2.02. The predicted molar refractivity (Wildman–Crippen MR) is 52.5 cm³/mol. The molecule has 1 amide bonds. The van der Waals surface area contributed by atoms with Crippen LogP contribution in [-0.2, 0) is 4.74 Å². The van der Waals surface area contributed by atoms with Gasteiger partial charge in [-0.15, -0.1) is 12.4 Å². The van der Waals surface area contributed by atoms with Crippen LogP contribution in [0, 0.1) is 0 Å². The van der Waals surface area contributed by atoms with Gasteiger partial charge in [-0.1, -0.05) is 0 Å². The Morgan fingerprint density at radius 1 is 1.43 bits per heavy atom. The average Bonchev–Trinajstić information content (AvgIpc) is 2.14. The first-order chi connectivity index (χ1) is 6.29. The van der Waals surface area contributed by atoms with Crippen molar-refractivity contribution in [3.05, 3.63) is 0 Å². The fraction of sp³-hybridized carbons (Fsp3) is 0.875. The largest absolute Gasteiger partial charge is 0.530 e. The van der Waals surface area contributed by atoms with Crippen LogP contribution in [0.3, 0.4) is 0 Å². The molecular formula is C8H16ClN2O3-. The van der Waals surface area contributed by atoms with E-state index in [-0.39, 0.29) is 12.4 Å². The van der Waals surface area contributed by atoms with Gasteiger partial charge in [0.2, 0.25) is 0 Å². The topological polar surface area (TPSA) is 64.6 Å². The molecule has 1 rings (SSSR count). The molecule has 0 bridgehead atoms. The van der Waals surface area contributed by atoms with E-state index in [2.05, 4.69) is 10.2 Å². The zero-order valence-electron chi connectivity index (χ0n) is 8.03. The molecule has 1 aliphatic rings. The van der Waals surface area contributed by atoms with Gasteiger partial charge in [-0.2, -0.15) is 0 Å². The molecule has 0 aliphatic carbocycles. The standard InChI is InChI=1S/C8H16N2O3.ClH/c11-8(12)9-2-1-3-10-4-6-13-7-5-10;/h9H,1-7H2,(H,11,12);1H/p-1. The lowest BCUT2D eigenvalue weighted by Crippen LogP contribution is -2.40. The smallest absolute Gasteiger partial charge is 0.134 e. The molecule has 0 spiro atoms. The molecule has 1 saturated heterocycles. The van der Waals surface area contributed by atoms with Gasteiger partial charge in [0.15, 0.2) is 0 Å². The van der Waals surface area contributed by atoms with Gasteiger partial charge in [0.05, 0.1) is 13.2 Å². The Morgan fingerprint density at radius 3 is 2.64 bits per heavy atom. The van der Waals surface area contributed by atoms with Gasteiger partial charge >= 0.3 is 0 Å². The van der Waals surface area contributed by atoms with E-state index in [1.165, 1.54) is 0 Å². The second kappa shape index (κ2) is 7.84. The van der Waals surface area contributed by atoms with Gasteiger partial charge < -0.3 is 20.0 Å². The number of nitrogens with one attached hydrogen (secondary N) is 1. The molecule has 6 heteroatoms. The van der Waals surface area contributed by atoms with E-state index in [0.717, 1.165) is 39.3 Å². The summed E-state index contributed by atoms with van der Waals surface area (Å²) in [5.74, 6) is 0. The first-order valence-corrected chi connectivity index (χ1v) is 4.54. The summed E-state index contributed by atoms with van der Waals surface area (Å²) in [6.07, 6.45) is -0.365. The predicted octanol–water partition coefficient (Wildman–Crippen LogP) is -0.937. The van der Waals surface area contributed by atoms with Crippen LogP contribution in [0.4, 0.5) is 4.79 Å². The summed E-state index contributed by atoms with van der Waals surface area (Å²) in [5, 5.41) is 12.2. The van der Waals surface area contributed by atoms with Crippen LogP contribution in [-0.4, -0.2) is 50.4 Å². The van der Waals surface area contributed by atoms with Crippen molar-refractivity contribution in [2.75, 3.05) is 39.4 Å². The minimum Gasteiger partial charge on any atom is -0.530 e. The van der Waals surface area contributed by atoms with Crippen molar-refractivity contribution < 1.29 is 14.6 Å². The third kappa shape index (κ3) is 6.01. The number of carboxylic acid groups (broad SMARTS) is 1. The van der Waals surface area contributed by atoms with E-state index in [0.29, 0.717) is 6.54 Å². The second-order valence-electron chi connectivity index (χ2n) is 3.02. The maximum absolute atomic E-state index is 9.99. The zero-order chi connectivity index (χ0) is 9.52. The summed E-state index contributed by atoms with van der Waals surface area (Å²) >= 11 is 0. The summed E-state index contributed by atoms with van der Waals surface area (Å²) in [4.78, 5) is 12.3. The van der Waals surface area contributed by atoms with Crippen LogP contribution >= 0.6 is 12.4 Å². The summed E-state index contributed by atoms with van der Waals surface area (Å²) in [7, 11) is 0.